The number of nitrogens with one attached hydrogen (secondary N) is 2. The molecule has 0 aromatic rings. The normalized spacial score (nSPS) is 12.1. The van der Waals surface area contributed by atoms with Crippen LogP contribution in [0.2, 0.25) is 0 Å². The smallest absolute Gasteiger partial charge is 0.243 e. The molecule has 0 aliphatic heterocycles. The predicted molar refractivity (Wildman–Crippen MR) is 60.4 cm³/mol. The van der Waals surface area contributed by atoms with Crippen molar-refractivity contribution in [1.29, 1.82) is 0 Å². The molecular weight excluding hydrogens is 244 g/mol. The van der Waals surface area contributed by atoms with Crippen molar-refractivity contribution in [3.8, 4) is 0 Å². The molecule has 6 N–H and O–H groups in total. The van der Waals surface area contributed by atoms with Crippen molar-refractivity contribution in [2.75, 3.05) is 0 Å². The van der Waals surface area contributed by atoms with Gasteiger partial charge in [-0.1, -0.05) is 0 Å². The van der Waals surface area contributed by atoms with Crippen molar-refractivity contribution in [3.05, 3.63) is 0 Å². The highest BCUT2D eigenvalue weighted by atomic mass is 16.5. The molecule has 0 aliphatic carbocycles. The molecular formula is C10H20N2O6. The van der Waals surface area contributed by atoms with Crippen LogP contribution in [0.25, 0.3) is 0 Å². The minimum Gasteiger partial charge on any atom is -0.349 e. The maximum absolute atomic E-state index is 11.1. The Bertz CT molecular complexity index is 262. The van der Waals surface area contributed by atoms with Crippen LogP contribution in [0.15, 0.2) is 0 Å². The van der Waals surface area contributed by atoms with E-state index in [0.29, 0.717) is 12.8 Å². The number of hydrogen-bond donors (Lipinski definition) is 6. The Morgan fingerprint density at radius 2 is 1.11 bits per heavy atom. The molecule has 0 rings (SSSR count). The first-order valence-electron chi connectivity index (χ1n) is 5.51. The zero-order valence-electron chi connectivity index (χ0n) is 10.4. The van der Waals surface area contributed by atoms with E-state index >= 15 is 0 Å². The molecule has 0 atom stereocenters. The zero-order chi connectivity index (χ0) is 14.4. The molecule has 0 aromatic heterocycles. The van der Waals surface area contributed by atoms with E-state index in [1.807, 2.05) is 10.6 Å². The first-order valence-corrected chi connectivity index (χ1v) is 5.51. The fourth-order valence-corrected chi connectivity index (χ4v) is 1.22. The maximum atomic E-state index is 11.1. The van der Waals surface area contributed by atoms with Gasteiger partial charge in [-0.2, -0.15) is 0 Å². The molecule has 0 heterocycles. The van der Waals surface area contributed by atoms with Crippen LogP contribution < -0.4 is 10.6 Å². The third-order valence-electron chi connectivity index (χ3n) is 1.81. The Hall–Kier alpha value is -1.22. The first kappa shape index (κ1) is 16.8. The van der Waals surface area contributed by atoms with Gasteiger partial charge in [0.25, 0.3) is 0 Å². The molecule has 18 heavy (non-hydrogen) atoms. The summed E-state index contributed by atoms with van der Waals surface area (Å²) in [6, 6.07) is 0. The standard InChI is InChI=1S/C10H20N2O6/c1-9(15,16)11-7(13)5-3-4-6-8(14)12-10(2,17)18/h15-18H,3-6H2,1-2H3,(H,11,13)(H,12,14). The fourth-order valence-electron chi connectivity index (χ4n) is 1.22. The Kier molecular flexibility index (Phi) is 6.19. The molecule has 2 amide bonds. The highest BCUT2D eigenvalue weighted by Crippen LogP contribution is 2.02. The Morgan fingerprint density at radius 1 is 0.833 bits per heavy atom. The lowest BCUT2D eigenvalue weighted by Gasteiger charge is -2.18. The highest BCUT2D eigenvalue weighted by molar-refractivity contribution is 5.77. The number of aliphatic hydroxyl groups is 4. The van der Waals surface area contributed by atoms with Gasteiger partial charge in [0, 0.05) is 26.7 Å². The Morgan fingerprint density at radius 3 is 1.33 bits per heavy atom. The first-order chi connectivity index (χ1) is 7.99. The summed E-state index contributed by atoms with van der Waals surface area (Å²) in [6.45, 7) is 2.03. The molecule has 0 bridgehead atoms. The van der Waals surface area contributed by atoms with Crippen LogP contribution in [0.5, 0.6) is 0 Å². The van der Waals surface area contributed by atoms with Crippen LogP contribution in [0, 0.1) is 0 Å². The van der Waals surface area contributed by atoms with Gasteiger partial charge in [0.2, 0.25) is 23.6 Å². The summed E-state index contributed by atoms with van der Waals surface area (Å²) in [4.78, 5) is 22.2. The van der Waals surface area contributed by atoms with Gasteiger partial charge in [-0.25, -0.2) is 0 Å². The van der Waals surface area contributed by atoms with Crippen LogP contribution in [0.1, 0.15) is 39.5 Å². The Labute approximate surface area is 105 Å². The van der Waals surface area contributed by atoms with Crippen LogP contribution >= 0.6 is 0 Å². The number of rotatable bonds is 7. The summed E-state index contributed by atoms with van der Waals surface area (Å²) in [7, 11) is 0. The van der Waals surface area contributed by atoms with Gasteiger partial charge in [0.15, 0.2) is 0 Å². The van der Waals surface area contributed by atoms with Crippen molar-refractivity contribution in [2.24, 2.45) is 0 Å². The van der Waals surface area contributed by atoms with Crippen LogP contribution in [0.3, 0.4) is 0 Å². The second kappa shape index (κ2) is 6.64. The lowest BCUT2D eigenvalue weighted by Crippen LogP contribution is -2.46. The van der Waals surface area contributed by atoms with E-state index in [2.05, 4.69) is 0 Å². The molecule has 0 radical (unpaired) electrons. The average molecular weight is 264 g/mol. The van der Waals surface area contributed by atoms with Gasteiger partial charge < -0.3 is 31.1 Å². The van der Waals surface area contributed by atoms with E-state index in [4.69, 9.17) is 20.4 Å². The number of unbranched alkanes of at least 4 members (excludes halogenated alkanes) is 1. The second-order valence-corrected chi connectivity index (χ2v) is 4.35. The summed E-state index contributed by atoms with van der Waals surface area (Å²) in [5.74, 6) is -5.58. The van der Waals surface area contributed by atoms with Gasteiger partial charge >= 0.3 is 0 Å². The van der Waals surface area contributed by atoms with E-state index in [0.717, 1.165) is 13.8 Å². The Balaban J connectivity index is 3.69. The van der Waals surface area contributed by atoms with Crippen molar-refractivity contribution in [2.45, 2.75) is 51.4 Å². The summed E-state index contributed by atoms with van der Waals surface area (Å²) >= 11 is 0. The van der Waals surface area contributed by atoms with Gasteiger partial charge in [-0.3, -0.25) is 9.59 Å². The number of hydrogen-bond acceptors (Lipinski definition) is 6. The molecule has 0 spiro atoms. The van der Waals surface area contributed by atoms with Crippen LogP contribution in [-0.2, 0) is 9.59 Å². The molecule has 0 saturated carbocycles. The van der Waals surface area contributed by atoms with E-state index in [1.54, 1.807) is 0 Å². The van der Waals surface area contributed by atoms with Crippen molar-refractivity contribution >= 4 is 11.8 Å². The molecule has 0 aliphatic rings. The van der Waals surface area contributed by atoms with E-state index in [-0.39, 0.29) is 12.8 Å². The highest BCUT2D eigenvalue weighted by Gasteiger charge is 2.19. The topological polar surface area (TPSA) is 139 Å². The molecule has 0 fully saturated rings. The number of amides is 2. The third-order valence-corrected chi connectivity index (χ3v) is 1.81. The summed E-state index contributed by atoms with van der Waals surface area (Å²) in [6.07, 6.45) is 0.810. The summed E-state index contributed by atoms with van der Waals surface area (Å²) in [5, 5.41) is 39.3. The summed E-state index contributed by atoms with van der Waals surface area (Å²) in [5.41, 5.74) is 0. The van der Waals surface area contributed by atoms with Gasteiger partial charge in [0.1, 0.15) is 0 Å². The largest absolute Gasteiger partial charge is 0.349 e. The van der Waals surface area contributed by atoms with Crippen molar-refractivity contribution < 1.29 is 30.0 Å². The van der Waals surface area contributed by atoms with Gasteiger partial charge in [0.05, 0.1) is 0 Å². The van der Waals surface area contributed by atoms with Crippen molar-refractivity contribution in [3.63, 3.8) is 0 Å². The third kappa shape index (κ3) is 11.3. The maximum Gasteiger partial charge on any atom is 0.243 e. The minimum absolute atomic E-state index is 0.0412. The quantitative estimate of drug-likeness (QED) is 0.234. The average Bonchev–Trinajstić information content (AvgIpc) is 2.06. The number of carbonyl (C=O) groups is 2. The van der Waals surface area contributed by atoms with E-state index in [1.165, 1.54) is 0 Å². The SMILES string of the molecule is CC(O)(O)NC(=O)CCCCC(=O)NC(C)(O)O. The monoisotopic (exact) mass is 264 g/mol. The van der Waals surface area contributed by atoms with Gasteiger partial charge in [-0.05, 0) is 12.8 Å². The zero-order valence-corrected chi connectivity index (χ0v) is 10.4. The molecule has 8 nitrogen and oxygen atoms in total. The van der Waals surface area contributed by atoms with E-state index in [9.17, 15) is 9.59 Å². The minimum atomic E-state index is -2.25. The fraction of sp³-hybridized carbons (Fsp3) is 0.800. The van der Waals surface area contributed by atoms with E-state index < -0.39 is 23.6 Å². The molecule has 0 saturated heterocycles. The predicted octanol–water partition coefficient (Wildman–Crippen LogP) is -1.90. The molecule has 0 unspecified atom stereocenters. The molecule has 8 heteroatoms. The van der Waals surface area contributed by atoms with Crippen molar-refractivity contribution in [1.82, 2.24) is 10.6 Å². The second-order valence-electron chi connectivity index (χ2n) is 4.35. The molecule has 0 aromatic carbocycles. The molecule has 106 valence electrons. The van der Waals surface area contributed by atoms with Crippen LogP contribution in [-0.4, -0.2) is 44.1 Å². The number of carbonyl (C=O) groups excluding carboxylic acids is 2. The lowest BCUT2D eigenvalue weighted by molar-refractivity contribution is -0.179. The summed E-state index contributed by atoms with van der Waals surface area (Å²) < 4.78 is 0. The van der Waals surface area contributed by atoms with Gasteiger partial charge in [-0.15, -0.1) is 0 Å². The lowest BCUT2D eigenvalue weighted by atomic mass is 10.1. The van der Waals surface area contributed by atoms with Crippen LogP contribution in [0.4, 0.5) is 0 Å².